The van der Waals surface area contributed by atoms with Crippen molar-refractivity contribution in [2.75, 3.05) is 6.54 Å². The quantitative estimate of drug-likeness (QED) is 0.880. The van der Waals surface area contributed by atoms with Crippen LogP contribution in [-0.2, 0) is 0 Å². The van der Waals surface area contributed by atoms with Gasteiger partial charge in [0.1, 0.15) is 0 Å². The Morgan fingerprint density at radius 3 is 2.95 bits per heavy atom. The number of fused-ring (bicyclic) bond motifs is 1. The molecular weight excluding hydrogens is 252 g/mol. The van der Waals surface area contributed by atoms with Crippen LogP contribution in [0.3, 0.4) is 0 Å². The highest BCUT2D eigenvalue weighted by Gasteiger charge is 2.32. The molecule has 1 aromatic carbocycles. The normalized spacial score (nSPS) is 27.2. The van der Waals surface area contributed by atoms with E-state index in [2.05, 4.69) is 54.5 Å². The van der Waals surface area contributed by atoms with Gasteiger partial charge in [-0.1, -0.05) is 32.0 Å². The van der Waals surface area contributed by atoms with Crippen LogP contribution in [0.1, 0.15) is 26.7 Å². The Balaban J connectivity index is 1.71. The average molecular weight is 274 g/mol. The zero-order chi connectivity index (χ0) is 13.2. The highest BCUT2D eigenvalue weighted by Crippen LogP contribution is 2.39. The minimum absolute atomic E-state index is 0.701. The average Bonchev–Trinajstić information content (AvgIpc) is 2.96. The monoisotopic (exact) mass is 274 g/mol. The van der Waals surface area contributed by atoms with Gasteiger partial charge >= 0.3 is 0 Å². The molecule has 1 saturated carbocycles. The highest BCUT2D eigenvalue weighted by atomic mass is 32.2. The summed E-state index contributed by atoms with van der Waals surface area (Å²) < 4.78 is 0. The van der Waals surface area contributed by atoms with Crippen molar-refractivity contribution < 1.29 is 0 Å². The summed E-state index contributed by atoms with van der Waals surface area (Å²) in [5.74, 6) is 0.747. The van der Waals surface area contributed by atoms with E-state index in [0.717, 1.165) is 17.7 Å². The summed E-state index contributed by atoms with van der Waals surface area (Å²) in [5, 5.41) is 6.98. The Morgan fingerprint density at radius 1 is 1.32 bits per heavy atom. The number of rotatable bonds is 4. The van der Waals surface area contributed by atoms with E-state index in [-0.39, 0.29) is 0 Å². The first-order chi connectivity index (χ1) is 9.28. The number of aromatic amines is 1. The molecule has 19 heavy (non-hydrogen) atoms. The Bertz CT molecular complexity index is 515. The lowest BCUT2D eigenvalue weighted by molar-refractivity contribution is 0.441. The van der Waals surface area contributed by atoms with Gasteiger partial charge in [-0.2, -0.15) is 0 Å². The number of hydrogen-bond donors (Lipinski definition) is 2. The molecule has 1 aliphatic rings. The van der Waals surface area contributed by atoms with Crippen molar-refractivity contribution in [1.29, 1.82) is 0 Å². The fraction of sp³-hybridized carbons (Fsp3) is 0.500. The number of aromatic nitrogens is 1. The van der Waals surface area contributed by atoms with Crippen molar-refractivity contribution in [2.24, 2.45) is 5.92 Å². The first-order valence-corrected chi connectivity index (χ1v) is 8.13. The maximum Gasteiger partial charge on any atom is 0.0735 e. The fourth-order valence-corrected chi connectivity index (χ4v) is 4.47. The lowest BCUT2D eigenvalue weighted by atomic mass is 10.1. The van der Waals surface area contributed by atoms with E-state index < -0.39 is 0 Å². The van der Waals surface area contributed by atoms with Crippen molar-refractivity contribution in [1.82, 2.24) is 10.3 Å². The number of H-pyrrole nitrogens is 1. The molecule has 3 unspecified atom stereocenters. The first-order valence-electron chi connectivity index (χ1n) is 7.25. The molecule has 2 nitrogen and oxygen atoms in total. The van der Waals surface area contributed by atoms with E-state index in [0.29, 0.717) is 6.04 Å². The molecule has 3 rings (SSSR count). The Hall–Kier alpha value is -0.930. The van der Waals surface area contributed by atoms with E-state index in [1.165, 1.54) is 28.8 Å². The van der Waals surface area contributed by atoms with Gasteiger partial charge in [0.2, 0.25) is 0 Å². The fourth-order valence-electron chi connectivity index (χ4n) is 3.12. The van der Waals surface area contributed by atoms with Crippen LogP contribution < -0.4 is 5.32 Å². The summed E-state index contributed by atoms with van der Waals surface area (Å²) in [5.41, 5.74) is 1.25. The SMILES string of the molecule is CCNC1CCC(Sc2cc3ccccc3[nH]2)C1C. The number of hydrogen-bond acceptors (Lipinski definition) is 2. The molecule has 0 saturated heterocycles. The van der Waals surface area contributed by atoms with E-state index in [9.17, 15) is 0 Å². The molecule has 2 aromatic rings. The van der Waals surface area contributed by atoms with Gasteiger partial charge < -0.3 is 10.3 Å². The third-order valence-electron chi connectivity index (χ3n) is 4.23. The second-order valence-corrected chi connectivity index (χ2v) is 6.76. The third kappa shape index (κ3) is 2.67. The van der Waals surface area contributed by atoms with Gasteiger partial charge in [0, 0.05) is 22.2 Å². The largest absolute Gasteiger partial charge is 0.350 e. The van der Waals surface area contributed by atoms with Crippen LogP contribution in [0.2, 0.25) is 0 Å². The predicted molar refractivity (Wildman–Crippen MR) is 83.8 cm³/mol. The van der Waals surface area contributed by atoms with E-state index in [4.69, 9.17) is 0 Å². The molecule has 102 valence electrons. The standard InChI is InChI=1S/C16H22N2S/c1-3-17-13-8-9-15(11(13)2)19-16-10-12-6-4-5-7-14(12)18-16/h4-7,10-11,13,15,17-18H,3,8-9H2,1-2H3. The van der Waals surface area contributed by atoms with Gasteiger partial charge in [0.05, 0.1) is 5.03 Å². The number of nitrogens with one attached hydrogen (secondary N) is 2. The summed E-state index contributed by atoms with van der Waals surface area (Å²) >= 11 is 2.02. The molecule has 1 heterocycles. The van der Waals surface area contributed by atoms with Gasteiger partial charge in [0.15, 0.2) is 0 Å². The molecule has 1 aliphatic carbocycles. The molecule has 1 fully saturated rings. The van der Waals surface area contributed by atoms with Crippen molar-refractivity contribution in [3.8, 4) is 0 Å². The maximum absolute atomic E-state index is 3.61. The van der Waals surface area contributed by atoms with Crippen LogP contribution >= 0.6 is 11.8 Å². The number of para-hydroxylation sites is 1. The predicted octanol–water partition coefficient (Wildman–Crippen LogP) is 4.04. The molecule has 0 aliphatic heterocycles. The summed E-state index contributed by atoms with van der Waals surface area (Å²) in [6, 6.07) is 11.5. The smallest absolute Gasteiger partial charge is 0.0735 e. The van der Waals surface area contributed by atoms with Crippen LogP contribution in [0.5, 0.6) is 0 Å². The van der Waals surface area contributed by atoms with Crippen LogP contribution in [0.25, 0.3) is 10.9 Å². The first kappa shape index (κ1) is 13.1. The molecule has 0 spiro atoms. The minimum Gasteiger partial charge on any atom is -0.350 e. The third-order valence-corrected chi connectivity index (χ3v) is 5.67. The van der Waals surface area contributed by atoms with Crippen LogP contribution in [-0.4, -0.2) is 22.8 Å². The number of benzene rings is 1. The van der Waals surface area contributed by atoms with Crippen molar-refractivity contribution in [2.45, 2.75) is 43.0 Å². The minimum atomic E-state index is 0.701. The van der Waals surface area contributed by atoms with E-state index in [1.807, 2.05) is 11.8 Å². The van der Waals surface area contributed by atoms with Gasteiger partial charge in [-0.3, -0.25) is 0 Å². The van der Waals surface area contributed by atoms with Crippen LogP contribution in [0, 0.1) is 5.92 Å². The second kappa shape index (κ2) is 5.59. The lowest BCUT2D eigenvalue weighted by Crippen LogP contribution is -2.32. The molecule has 1 aromatic heterocycles. The summed E-state index contributed by atoms with van der Waals surface area (Å²) in [6.07, 6.45) is 2.63. The summed E-state index contributed by atoms with van der Waals surface area (Å²) in [6.45, 7) is 5.67. The van der Waals surface area contributed by atoms with Gasteiger partial charge in [0.25, 0.3) is 0 Å². The summed E-state index contributed by atoms with van der Waals surface area (Å²) in [4.78, 5) is 3.53. The lowest BCUT2D eigenvalue weighted by Gasteiger charge is -2.20. The van der Waals surface area contributed by atoms with Gasteiger partial charge in [-0.25, -0.2) is 0 Å². The van der Waals surface area contributed by atoms with E-state index in [1.54, 1.807) is 0 Å². The van der Waals surface area contributed by atoms with Gasteiger partial charge in [-0.15, -0.1) is 11.8 Å². The zero-order valence-electron chi connectivity index (χ0n) is 11.6. The van der Waals surface area contributed by atoms with E-state index >= 15 is 0 Å². The van der Waals surface area contributed by atoms with Gasteiger partial charge in [-0.05, 0) is 37.4 Å². The molecule has 0 bridgehead atoms. The highest BCUT2D eigenvalue weighted by molar-refractivity contribution is 7.99. The van der Waals surface area contributed by atoms with Crippen molar-refractivity contribution in [3.63, 3.8) is 0 Å². The van der Waals surface area contributed by atoms with Crippen molar-refractivity contribution >= 4 is 22.7 Å². The zero-order valence-corrected chi connectivity index (χ0v) is 12.5. The summed E-state index contributed by atoms with van der Waals surface area (Å²) in [7, 11) is 0. The number of thioether (sulfide) groups is 1. The molecule has 3 atom stereocenters. The molecule has 2 N–H and O–H groups in total. The molecular formula is C16H22N2S. The second-order valence-electron chi connectivity index (χ2n) is 5.48. The molecule has 3 heteroatoms. The molecule has 0 amide bonds. The maximum atomic E-state index is 3.61. The van der Waals surface area contributed by atoms with Crippen LogP contribution in [0.15, 0.2) is 35.4 Å². The topological polar surface area (TPSA) is 27.8 Å². The van der Waals surface area contributed by atoms with Crippen molar-refractivity contribution in [3.05, 3.63) is 30.3 Å². The Morgan fingerprint density at radius 2 is 2.16 bits per heavy atom. The van der Waals surface area contributed by atoms with Crippen LogP contribution in [0.4, 0.5) is 0 Å². The Kier molecular flexibility index (Phi) is 3.85. The Labute approximate surface area is 119 Å². The molecule has 0 radical (unpaired) electrons.